The van der Waals surface area contributed by atoms with Gasteiger partial charge < -0.3 is 15.2 Å². The maximum atomic E-state index is 12.7. The highest BCUT2D eigenvalue weighted by atomic mass is 16.2. The number of aromatic nitrogens is 1. The van der Waals surface area contributed by atoms with Gasteiger partial charge in [-0.05, 0) is 60.6 Å². The Morgan fingerprint density at radius 2 is 1.97 bits per heavy atom. The number of benzene rings is 1. The van der Waals surface area contributed by atoms with Crippen LogP contribution in [-0.4, -0.2) is 39.6 Å². The normalized spacial score (nSPS) is 20.5. The second-order valence-corrected chi connectivity index (χ2v) is 7.75. The van der Waals surface area contributed by atoms with Crippen LogP contribution in [0.3, 0.4) is 0 Å². The van der Waals surface area contributed by atoms with Crippen molar-refractivity contribution in [3.05, 3.63) is 52.3 Å². The molecule has 8 heteroatoms. The molecule has 3 heterocycles. The summed E-state index contributed by atoms with van der Waals surface area (Å²) < 4.78 is 0. The van der Waals surface area contributed by atoms with Crippen LogP contribution in [0.4, 0.5) is 5.69 Å². The molecule has 1 saturated heterocycles. The highest BCUT2D eigenvalue weighted by molar-refractivity contribution is 6.07. The SMILES string of the molecule is O=C1CCC(N2Cc3cc(NC(=O)c4[nH]cc5c4CCC5)ccc3C2=O)C(=O)N1. The number of amides is 4. The zero-order valence-electron chi connectivity index (χ0n) is 15.7. The predicted molar refractivity (Wildman–Crippen MR) is 103 cm³/mol. The predicted octanol–water partition coefficient (Wildman–Crippen LogP) is 1.52. The maximum absolute atomic E-state index is 12.7. The second-order valence-electron chi connectivity index (χ2n) is 7.75. The molecule has 5 rings (SSSR count). The molecular weight excluding hydrogens is 372 g/mol. The number of rotatable bonds is 3. The molecule has 3 aliphatic rings. The average molecular weight is 392 g/mol. The first-order valence-electron chi connectivity index (χ1n) is 9.79. The van der Waals surface area contributed by atoms with Gasteiger partial charge in [-0.3, -0.25) is 24.5 Å². The Morgan fingerprint density at radius 1 is 1.10 bits per heavy atom. The van der Waals surface area contributed by atoms with Crippen LogP contribution in [0, 0.1) is 0 Å². The lowest BCUT2D eigenvalue weighted by atomic mass is 10.0. The number of hydrogen-bond donors (Lipinski definition) is 3. The molecule has 3 N–H and O–H groups in total. The molecule has 2 aliphatic heterocycles. The molecule has 1 unspecified atom stereocenters. The van der Waals surface area contributed by atoms with Crippen LogP contribution in [-0.2, 0) is 29.0 Å². The number of aromatic amines is 1. The molecular formula is C21H20N4O4. The first kappa shape index (κ1) is 17.7. The van der Waals surface area contributed by atoms with Crippen molar-refractivity contribution in [2.24, 2.45) is 0 Å². The summed E-state index contributed by atoms with van der Waals surface area (Å²) in [5.74, 6) is -1.17. The van der Waals surface area contributed by atoms with E-state index >= 15 is 0 Å². The molecule has 1 aromatic carbocycles. The molecule has 148 valence electrons. The molecule has 2 aromatic rings. The number of nitrogens with one attached hydrogen (secondary N) is 3. The third-order valence-electron chi connectivity index (χ3n) is 5.96. The van der Waals surface area contributed by atoms with Crippen molar-refractivity contribution in [2.45, 2.75) is 44.7 Å². The van der Waals surface area contributed by atoms with Crippen molar-refractivity contribution in [3.63, 3.8) is 0 Å². The Hall–Kier alpha value is -3.42. The number of piperidine rings is 1. The van der Waals surface area contributed by atoms with Gasteiger partial charge in [0.25, 0.3) is 11.8 Å². The number of fused-ring (bicyclic) bond motifs is 2. The zero-order chi connectivity index (χ0) is 20.1. The fraction of sp³-hybridized carbons (Fsp3) is 0.333. The summed E-state index contributed by atoms with van der Waals surface area (Å²) in [6.45, 7) is 0.280. The van der Waals surface area contributed by atoms with Gasteiger partial charge in [0.05, 0.1) is 0 Å². The molecule has 8 nitrogen and oxygen atoms in total. The molecule has 1 aromatic heterocycles. The third-order valence-corrected chi connectivity index (χ3v) is 5.96. The van der Waals surface area contributed by atoms with Crippen molar-refractivity contribution in [2.75, 3.05) is 5.32 Å². The molecule has 0 spiro atoms. The Kier molecular flexibility index (Phi) is 4.01. The van der Waals surface area contributed by atoms with E-state index in [-0.39, 0.29) is 30.7 Å². The minimum atomic E-state index is -0.646. The molecule has 29 heavy (non-hydrogen) atoms. The minimum absolute atomic E-state index is 0.195. The summed E-state index contributed by atoms with van der Waals surface area (Å²) >= 11 is 0. The third kappa shape index (κ3) is 2.91. The Labute approximate surface area is 166 Å². The lowest BCUT2D eigenvalue weighted by Gasteiger charge is -2.29. The number of anilines is 1. The molecule has 0 saturated carbocycles. The van der Waals surface area contributed by atoms with E-state index in [1.54, 1.807) is 18.2 Å². The number of aryl methyl sites for hydroxylation is 1. The topological polar surface area (TPSA) is 111 Å². The van der Waals surface area contributed by atoms with E-state index in [9.17, 15) is 19.2 Å². The van der Waals surface area contributed by atoms with E-state index in [0.29, 0.717) is 23.4 Å². The van der Waals surface area contributed by atoms with E-state index in [1.165, 1.54) is 10.5 Å². The number of H-pyrrole nitrogens is 1. The molecule has 0 radical (unpaired) electrons. The molecule has 4 amide bonds. The summed E-state index contributed by atoms with van der Waals surface area (Å²) in [6.07, 6.45) is 5.41. The smallest absolute Gasteiger partial charge is 0.272 e. The van der Waals surface area contributed by atoms with Gasteiger partial charge in [0.2, 0.25) is 11.8 Å². The van der Waals surface area contributed by atoms with Crippen molar-refractivity contribution >= 4 is 29.3 Å². The van der Waals surface area contributed by atoms with Crippen molar-refractivity contribution in [3.8, 4) is 0 Å². The van der Waals surface area contributed by atoms with Gasteiger partial charge in [-0.2, -0.15) is 0 Å². The van der Waals surface area contributed by atoms with Crippen molar-refractivity contribution in [1.29, 1.82) is 0 Å². The molecule has 1 atom stereocenters. The average Bonchev–Trinajstić information content (AvgIpc) is 3.37. The van der Waals surface area contributed by atoms with E-state index in [1.807, 2.05) is 6.20 Å². The lowest BCUT2D eigenvalue weighted by Crippen LogP contribution is -2.52. The quantitative estimate of drug-likeness (QED) is 0.688. The largest absolute Gasteiger partial charge is 0.357 e. The monoisotopic (exact) mass is 392 g/mol. The van der Waals surface area contributed by atoms with Crippen LogP contribution < -0.4 is 10.6 Å². The summed E-state index contributed by atoms with van der Waals surface area (Å²) in [5, 5.41) is 5.20. The van der Waals surface area contributed by atoms with Gasteiger partial charge in [0.15, 0.2) is 0 Å². The van der Waals surface area contributed by atoms with Crippen LogP contribution in [0.5, 0.6) is 0 Å². The van der Waals surface area contributed by atoms with E-state index in [0.717, 1.165) is 30.4 Å². The van der Waals surface area contributed by atoms with Gasteiger partial charge in [0, 0.05) is 30.4 Å². The first-order valence-corrected chi connectivity index (χ1v) is 9.79. The van der Waals surface area contributed by atoms with Crippen LogP contribution in [0.25, 0.3) is 0 Å². The minimum Gasteiger partial charge on any atom is -0.357 e. The number of carbonyl (C=O) groups is 4. The van der Waals surface area contributed by atoms with Gasteiger partial charge >= 0.3 is 0 Å². The summed E-state index contributed by atoms with van der Waals surface area (Å²) in [5.41, 5.74) is 4.77. The zero-order valence-corrected chi connectivity index (χ0v) is 15.7. The van der Waals surface area contributed by atoms with E-state index < -0.39 is 11.9 Å². The molecule has 0 bridgehead atoms. The highest BCUT2D eigenvalue weighted by Gasteiger charge is 2.39. The van der Waals surface area contributed by atoms with Crippen molar-refractivity contribution < 1.29 is 19.2 Å². The number of imide groups is 1. The van der Waals surface area contributed by atoms with E-state index in [2.05, 4.69) is 15.6 Å². The Bertz CT molecular complexity index is 1070. The van der Waals surface area contributed by atoms with Gasteiger partial charge in [-0.1, -0.05) is 0 Å². The fourth-order valence-electron chi connectivity index (χ4n) is 4.51. The van der Waals surface area contributed by atoms with Gasteiger partial charge in [-0.15, -0.1) is 0 Å². The maximum Gasteiger partial charge on any atom is 0.272 e. The highest BCUT2D eigenvalue weighted by Crippen LogP contribution is 2.30. The number of hydrogen-bond acceptors (Lipinski definition) is 4. The number of carbonyl (C=O) groups excluding carboxylic acids is 4. The molecule has 1 fully saturated rings. The van der Waals surface area contributed by atoms with Gasteiger partial charge in [-0.25, -0.2) is 0 Å². The van der Waals surface area contributed by atoms with Crippen LogP contribution >= 0.6 is 0 Å². The van der Waals surface area contributed by atoms with Crippen LogP contribution in [0.1, 0.15) is 56.8 Å². The van der Waals surface area contributed by atoms with E-state index in [4.69, 9.17) is 0 Å². The van der Waals surface area contributed by atoms with Crippen LogP contribution in [0.2, 0.25) is 0 Å². The molecule has 1 aliphatic carbocycles. The fourth-order valence-corrected chi connectivity index (χ4v) is 4.51. The summed E-state index contributed by atoms with van der Waals surface area (Å²) in [7, 11) is 0. The Morgan fingerprint density at radius 3 is 2.79 bits per heavy atom. The number of nitrogens with zero attached hydrogens (tertiary/aromatic N) is 1. The Balaban J connectivity index is 1.34. The summed E-state index contributed by atoms with van der Waals surface area (Å²) in [6, 6.07) is 4.51. The second kappa shape index (κ2) is 6.58. The standard InChI is InChI=1S/C21H20N4O4/c26-17-7-6-16(19(27)24-17)25-10-12-8-13(4-5-15(12)21(25)29)23-20(28)18-14-3-1-2-11(14)9-22-18/h4-5,8-9,16,22H,1-3,6-7,10H2,(H,23,28)(H,24,26,27). The van der Waals surface area contributed by atoms with Gasteiger partial charge in [0.1, 0.15) is 11.7 Å². The lowest BCUT2D eigenvalue weighted by molar-refractivity contribution is -0.136. The first-order chi connectivity index (χ1) is 14.0. The van der Waals surface area contributed by atoms with Crippen LogP contribution in [0.15, 0.2) is 24.4 Å². The van der Waals surface area contributed by atoms with Crippen molar-refractivity contribution in [1.82, 2.24) is 15.2 Å². The summed E-state index contributed by atoms with van der Waals surface area (Å²) in [4.78, 5) is 53.5.